The SMILES string of the molecule is CCn1cccc1C=C1C(=O)N(C)C(=O)N(C)C1=O. The minimum atomic E-state index is -0.613. The van der Waals surface area contributed by atoms with Crippen LogP contribution < -0.4 is 0 Å². The molecule has 2 rings (SSSR count). The van der Waals surface area contributed by atoms with Gasteiger partial charge in [0.25, 0.3) is 11.8 Å². The van der Waals surface area contributed by atoms with Crippen LogP contribution in [-0.2, 0) is 16.1 Å². The summed E-state index contributed by atoms with van der Waals surface area (Å²) in [6, 6.07) is 3.04. The molecule has 2 heterocycles. The summed E-state index contributed by atoms with van der Waals surface area (Å²) in [5, 5.41) is 0. The Kier molecular flexibility index (Phi) is 3.25. The van der Waals surface area contributed by atoms with E-state index in [1.807, 2.05) is 29.8 Å². The fourth-order valence-electron chi connectivity index (χ4n) is 1.97. The van der Waals surface area contributed by atoms with Crippen LogP contribution in [0.2, 0.25) is 0 Å². The lowest BCUT2D eigenvalue weighted by Crippen LogP contribution is -2.52. The molecule has 0 atom stereocenters. The van der Waals surface area contributed by atoms with E-state index in [2.05, 4.69) is 0 Å². The van der Waals surface area contributed by atoms with E-state index in [-0.39, 0.29) is 5.57 Å². The van der Waals surface area contributed by atoms with Gasteiger partial charge in [0.1, 0.15) is 5.57 Å². The molecule has 1 aromatic heterocycles. The Morgan fingerprint density at radius 1 is 1.11 bits per heavy atom. The summed E-state index contributed by atoms with van der Waals surface area (Å²) >= 11 is 0. The summed E-state index contributed by atoms with van der Waals surface area (Å²) in [5.41, 5.74) is 0.758. The number of amides is 4. The van der Waals surface area contributed by atoms with Gasteiger partial charge in [0, 0.05) is 32.5 Å². The summed E-state index contributed by atoms with van der Waals surface area (Å²) in [6.45, 7) is 2.70. The smallest absolute Gasteiger partial charge is 0.333 e. The molecule has 0 unspecified atom stereocenters. The molecule has 19 heavy (non-hydrogen) atoms. The van der Waals surface area contributed by atoms with Crippen molar-refractivity contribution in [2.24, 2.45) is 0 Å². The van der Waals surface area contributed by atoms with E-state index in [1.165, 1.54) is 20.2 Å². The Balaban J connectivity index is 2.46. The molecule has 1 fully saturated rings. The highest BCUT2D eigenvalue weighted by Gasteiger charge is 2.37. The molecule has 1 aliphatic heterocycles. The number of hydrogen-bond donors (Lipinski definition) is 0. The molecule has 0 saturated carbocycles. The van der Waals surface area contributed by atoms with Gasteiger partial charge < -0.3 is 4.57 Å². The van der Waals surface area contributed by atoms with Gasteiger partial charge in [-0.1, -0.05) is 0 Å². The fraction of sp³-hybridized carbons (Fsp3) is 0.308. The lowest BCUT2D eigenvalue weighted by molar-refractivity contribution is -0.134. The normalized spacial score (nSPS) is 16.4. The van der Waals surface area contributed by atoms with Gasteiger partial charge in [-0.05, 0) is 25.1 Å². The molecule has 1 saturated heterocycles. The van der Waals surface area contributed by atoms with Crippen molar-refractivity contribution >= 4 is 23.9 Å². The first kappa shape index (κ1) is 13.1. The maximum atomic E-state index is 12.0. The first-order valence-electron chi connectivity index (χ1n) is 5.94. The average molecular weight is 261 g/mol. The third kappa shape index (κ3) is 2.05. The van der Waals surface area contributed by atoms with E-state index in [0.717, 1.165) is 22.0 Å². The van der Waals surface area contributed by atoms with E-state index in [0.29, 0.717) is 0 Å². The van der Waals surface area contributed by atoms with E-state index < -0.39 is 17.8 Å². The number of rotatable bonds is 2. The van der Waals surface area contributed by atoms with Crippen LogP contribution in [0.25, 0.3) is 6.08 Å². The standard InChI is InChI=1S/C13H15N3O3/c1-4-16-7-5-6-9(16)8-10-11(17)14(2)13(19)15(3)12(10)18/h5-8H,4H2,1-3H3. The molecule has 1 aromatic rings. The monoisotopic (exact) mass is 261 g/mol. The topological polar surface area (TPSA) is 62.6 Å². The van der Waals surface area contributed by atoms with Gasteiger partial charge in [-0.15, -0.1) is 0 Å². The van der Waals surface area contributed by atoms with Gasteiger partial charge in [-0.3, -0.25) is 19.4 Å². The number of barbiturate groups is 1. The molecule has 4 amide bonds. The third-order valence-corrected chi connectivity index (χ3v) is 3.14. The van der Waals surface area contributed by atoms with Crippen molar-refractivity contribution in [3.8, 4) is 0 Å². The summed E-state index contributed by atoms with van der Waals surface area (Å²) in [5.74, 6) is -1.14. The minimum Gasteiger partial charge on any atom is -0.348 e. The van der Waals surface area contributed by atoms with Gasteiger partial charge in [0.2, 0.25) is 0 Å². The number of urea groups is 1. The number of hydrogen-bond acceptors (Lipinski definition) is 3. The van der Waals surface area contributed by atoms with Crippen LogP contribution in [0.5, 0.6) is 0 Å². The number of carbonyl (C=O) groups is 3. The van der Waals surface area contributed by atoms with Crippen molar-refractivity contribution in [2.75, 3.05) is 14.1 Å². The number of nitrogens with zero attached hydrogens (tertiary/aromatic N) is 3. The average Bonchev–Trinajstić information content (AvgIpc) is 2.86. The highest BCUT2D eigenvalue weighted by Crippen LogP contribution is 2.18. The number of imide groups is 2. The summed E-state index contributed by atoms with van der Waals surface area (Å²) in [4.78, 5) is 37.5. The molecular weight excluding hydrogens is 246 g/mol. The molecular formula is C13H15N3O3. The van der Waals surface area contributed by atoms with Gasteiger partial charge in [0.15, 0.2) is 0 Å². The third-order valence-electron chi connectivity index (χ3n) is 3.14. The van der Waals surface area contributed by atoms with Crippen molar-refractivity contribution in [3.63, 3.8) is 0 Å². The largest absolute Gasteiger partial charge is 0.348 e. The van der Waals surface area contributed by atoms with E-state index in [1.54, 1.807) is 0 Å². The van der Waals surface area contributed by atoms with Gasteiger partial charge in [-0.25, -0.2) is 4.79 Å². The molecule has 6 heteroatoms. The lowest BCUT2D eigenvalue weighted by atomic mass is 10.1. The van der Waals surface area contributed by atoms with Crippen molar-refractivity contribution in [1.29, 1.82) is 0 Å². The predicted molar refractivity (Wildman–Crippen MR) is 69.0 cm³/mol. The van der Waals surface area contributed by atoms with Crippen LogP contribution in [-0.4, -0.2) is 46.3 Å². The second-order valence-corrected chi connectivity index (χ2v) is 4.29. The second-order valence-electron chi connectivity index (χ2n) is 4.29. The van der Waals surface area contributed by atoms with Gasteiger partial charge >= 0.3 is 6.03 Å². The van der Waals surface area contributed by atoms with Crippen LogP contribution in [0.3, 0.4) is 0 Å². The van der Waals surface area contributed by atoms with Crippen LogP contribution >= 0.6 is 0 Å². The zero-order valence-electron chi connectivity index (χ0n) is 11.1. The Bertz CT molecular complexity index is 560. The number of carbonyl (C=O) groups excluding carboxylic acids is 3. The zero-order chi connectivity index (χ0) is 14.2. The molecule has 6 nitrogen and oxygen atoms in total. The number of aromatic nitrogens is 1. The summed E-state index contributed by atoms with van der Waals surface area (Å²) < 4.78 is 1.91. The van der Waals surface area contributed by atoms with Gasteiger partial charge in [-0.2, -0.15) is 0 Å². The number of aryl methyl sites for hydroxylation is 1. The van der Waals surface area contributed by atoms with Crippen LogP contribution in [0.4, 0.5) is 4.79 Å². The maximum absolute atomic E-state index is 12.0. The lowest BCUT2D eigenvalue weighted by Gasteiger charge is -2.28. The molecule has 0 radical (unpaired) electrons. The van der Waals surface area contributed by atoms with E-state index in [4.69, 9.17) is 0 Å². The molecule has 0 N–H and O–H groups in total. The number of likely N-dealkylation sites (N-methyl/N-ethyl adjacent to an activating group) is 2. The van der Waals surface area contributed by atoms with Crippen molar-refractivity contribution < 1.29 is 14.4 Å². The maximum Gasteiger partial charge on any atom is 0.333 e. The van der Waals surface area contributed by atoms with Crippen molar-refractivity contribution in [1.82, 2.24) is 14.4 Å². The summed E-state index contributed by atoms with van der Waals surface area (Å²) in [7, 11) is 2.72. The zero-order valence-corrected chi connectivity index (χ0v) is 11.1. The molecule has 0 aliphatic carbocycles. The van der Waals surface area contributed by atoms with Crippen molar-refractivity contribution in [3.05, 3.63) is 29.6 Å². The molecule has 0 bridgehead atoms. The van der Waals surface area contributed by atoms with Crippen LogP contribution in [0.1, 0.15) is 12.6 Å². The second kappa shape index (κ2) is 4.72. The quantitative estimate of drug-likeness (QED) is 0.588. The van der Waals surface area contributed by atoms with E-state index in [9.17, 15) is 14.4 Å². The van der Waals surface area contributed by atoms with Gasteiger partial charge in [0.05, 0.1) is 0 Å². The first-order valence-corrected chi connectivity index (χ1v) is 5.94. The Hall–Kier alpha value is -2.37. The minimum absolute atomic E-state index is 0.00185. The molecule has 100 valence electrons. The Morgan fingerprint density at radius 3 is 2.21 bits per heavy atom. The predicted octanol–water partition coefficient (Wildman–Crippen LogP) is 0.942. The van der Waals surface area contributed by atoms with Crippen LogP contribution in [0, 0.1) is 0 Å². The summed E-state index contributed by atoms with van der Waals surface area (Å²) in [6.07, 6.45) is 3.39. The van der Waals surface area contributed by atoms with Crippen LogP contribution in [0.15, 0.2) is 23.9 Å². The highest BCUT2D eigenvalue weighted by molar-refractivity contribution is 6.30. The Morgan fingerprint density at radius 2 is 1.68 bits per heavy atom. The molecule has 0 aromatic carbocycles. The molecule has 1 aliphatic rings. The molecule has 0 spiro atoms. The first-order chi connectivity index (χ1) is 8.97. The van der Waals surface area contributed by atoms with Crippen molar-refractivity contribution in [2.45, 2.75) is 13.5 Å². The van der Waals surface area contributed by atoms with E-state index >= 15 is 0 Å². The fourth-order valence-corrected chi connectivity index (χ4v) is 1.97. The highest BCUT2D eigenvalue weighted by atomic mass is 16.2. The Labute approximate surface area is 110 Å².